The zero-order valence-electron chi connectivity index (χ0n) is 15.6. The van der Waals surface area contributed by atoms with E-state index in [9.17, 15) is 4.79 Å². The molecule has 1 aliphatic heterocycles. The van der Waals surface area contributed by atoms with Crippen LogP contribution in [0.1, 0.15) is 12.0 Å². The van der Waals surface area contributed by atoms with Crippen molar-refractivity contribution in [2.24, 2.45) is 0 Å². The Bertz CT molecular complexity index is 722. The molecule has 0 bridgehead atoms. The Morgan fingerprint density at radius 2 is 1.81 bits per heavy atom. The van der Waals surface area contributed by atoms with Crippen molar-refractivity contribution >= 4 is 17.3 Å². The molecule has 1 aliphatic rings. The highest BCUT2D eigenvalue weighted by Crippen LogP contribution is 2.18. The second kappa shape index (κ2) is 8.61. The lowest BCUT2D eigenvalue weighted by Crippen LogP contribution is -2.49. The van der Waals surface area contributed by atoms with Crippen molar-refractivity contribution in [3.63, 3.8) is 0 Å². The fraction of sp³-hybridized carbons (Fsp3) is 0.381. The van der Waals surface area contributed by atoms with Crippen molar-refractivity contribution in [3.05, 3.63) is 54.1 Å². The first-order valence-electron chi connectivity index (χ1n) is 9.13. The molecule has 1 fully saturated rings. The number of nitrogens with zero attached hydrogens (tertiary/aromatic N) is 2. The Balaban J connectivity index is 1.42. The molecule has 0 aliphatic carbocycles. The van der Waals surface area contributed by atoms with Crippen LogP contribution in [0.5, 0.6) is 5.75 Å². The Morgan fingerprint density at radius 3 is 2.46 bits per heavy atom. The molecule has 2 aromatic carbocycles. The number of amides is 1. The molecule has 0 saturated carbocycles. The Morgan fingerprint density at radius 1 is 1.08 bits per heavy atom. The van der Waals surface area contributed by atoms with Gasteiger partial charge in [0.1, 0.15) is 5.75 Å². The number of piperazine rings is 1. The normalized spacial score (nSPS) is 14.2. The van der Waals surface area contributed by atoms with Gasteiger partial charge in [0.15, 0.2) is 0 Å². The molecule has 1 heterocycles. The van der Waals surface area contributed by atoms with Gasteiger partial charge in [-0.05, 0) is 48.9 Å². The van der Waals surface area contributed by atoms with Crippen LogP contribution in [0.3, 0.4) is 0 Å². The topological polar surface area (TPSA) is 44.8 Å². The summed E-state index contributed by atoms with van der Waals surface area (Å²) < 4.78 is 5.15. The van der Waals surface area contributed by atoms with Crippen LogP contribution in [0.15, 0.2) is 48.5 Å². The summed E-state index contributed by atoms with van der Waals surface area (Å²) in [5, 5.41) is 3.29. The minimum atomic E-state index is 0.218. The van der Waals surface area contributed by atoms with E-state index in [0.717, 1.165) is 37.6 Å². The summed E-state index contributed by atoms with van der Waals surface area (Å²) >= 11 is 0. The van der Waals surface area contributed by atoms with Crippen LogP contribution in [-0.4, -0.2) is 50.6 Å². The fourth-order valence-electron chi connectivity index (χ4n) is 3.22. The average Bonchev–Trinajstić information content (AvgIpc) is 2.68. The van der Waals surface area contributed by atoms with Gasteiger partial charge in [-0.15, -0.1) is 0 Å². The molecular formula is C21H27N3O2. The van der Waals surface area contributed by atoms with E-state index in [1.54, 1.807) is 7.11 Å². The summed E-state index contributed by atoms with van der Waals surface area (Å²) in [6.07, 6.45) is 0.510. The molecule has 1 saturated heterocycles. The summed E-state index contributed by atoms with van der Waals surface area (Å²) in [5.74, 6) is 1.05. The van der Waals surface area contributed by atoms with Crippen LogP contribution in [0.25, 0.3) is 0 Å². The fourth-order valence-corrected chi connectivity index (χ4v) is 3.22. The molecule has 0 unspecified atom stereocenters. The van der Waals surface area contributed by atoms with E-state index in [2.05, 4.69) is 41.4 Å². The molecule has 3 rings (SSSR count). The third-order valence-corrected chi connectivity index (χ3v) is 4.76. The highest BCUT2D eigenvalue weighted by Gasteiger charge is 2.20. The largest absolute Gasteiger partial charge is 0.497 e. The number of aryl methyl sites for hydroxylation is 1. The third kappa shape index (κ3) is 4.69. The number of carbonyl (C=O) groups is 1. The first-order chi connectivity index (χ1) is 12.7. The van der Waals surface area contributed by atoms with E-state index in [1.807, 2.05) is 29.2 Å². The number of carbonyl (C=O) groups excluding carboxylic acids is 1. The lowest BCUT2D eigenvalue weighted by atomic mass is 10.2. The number of nitrogens with one attached hydrogen (secondary N) is 1. The molecule has 138 valence electrons. The average molecular weight is 353 g/mol. The monoisotopic (exact) mass is 353 g/mol. The molecule has 26 heavy (non-hydrogen) atoms. The highest BCUT2D eigenvalue weighted by molar-refractivity contribution is 5.77. The van der Waals surface area contributed by atoms with E-state index >= 15 is 0 Å². The van der Waals surface area contributed by atoms with Gasteiger partial charge in [0.05, 0.1) is 7.11 Å². The summed E-state index contributed by atoms with van der Waals surface area (Å²) in [6.45, 7) is 6.11. The predicted octanol–water partition coefficient (Wildman–Crippen LogP) is 3.15. The molecule has 1 N–H and O–H groups in total. The number of hydrogen-bond donors (Lipinski definition) is 1. The van der Waals surface area contributed by atoms with E-state index in [1.165, 1.54) is 11.3 Å². The van der Waals surface area contributed by atoms with Crippen molar-refractivity contribution in [3.8, 4) is 5.75 Å². The minimum Gasteiger partial charge on any atom is -0.497 e. The van der Waals surface area contributed by atoms with Crippen molar-refractivity contribution in [2.75, 3.05) is 50.1 Å². The van der Waals surface area contributed by atoms with Crippen LogP contribution in [0.2, 0.25) is 0 Å². The van der Waals surface area contributed by atoms with Crippen molar-refractivity contribution in [1.29, 1.82) is 0 Å². The summed E-state index contributed by atoms with van der Waals surface area (Å²) in [6, 6.07) is 16.3. The summed E-state index contributed by atoms with van der Waals surface area (Å²) in [4.78, 5) is 16.8. The number of benzene rings is 2. The van der Waals surface area contributed by atoms with Crippen LogP contribution in [-0.2, 0) is 4.79 Å². The molecule has 1 amide bonds. The van der Waals surface area contributed by atoms with Gasteiger partial charge in [-0.2, -0.15) is 0 Å². The number of anilines is 2. The van der Waals surface area contributed by atoms with Gasteiger partial charge >= 0.3 is 0 Å². The third-order valence-electron chi connectivity index (χ3n) is 4.76. The second-order valence-electron chi connectivity index (χ2n) is 6.61. The summed E-state index contributed by atoms with van der Waals surface area (Å²) in [5.41, 5.74) is 3.52. The first-order valence-corrected chi connectivity index (χ1v) is 9.13. The van der Waals surface area contributed by atoms with Gasteiger partial charge < -0.3 is 19.9 Å². The molecule has 2 aromatic rings. The van der Waals surface area contributed by atoms with E-state index in [4.69, 9.17) is 4.74 Å². The first kappa shape index (κ1) is 18.1. The highest BCUT2D eigenvalue weighted by atomic mass is 16.5. The quantitative estimate of drug-likeness (QED) is 0.866. The smallest absolute Gasteiger partial charge is 0.224 e. The van der Waals surface area contributed by atoms with E-state index in [0.29, 0.717) is 13.0 Å². The van der Waals surface area contributed by atoms with Gasteiger partial charge in [0.2, 0.25) is 5.91 Å². The van der Waals surface area contributed by atoms with Crippen molar-refractivity contribution in [1.82, 2.24) is 4.90 Å². The number of rotatable bonds is 6. The zero-order valence-corrected chi connectivity index (χ0v) is 15.6. The Hall–Kier alpha value is -2.69. The van der Waals surface area contributed by atoms with Crippen LogP contribution < -0.4 is 15.0 Å². The van der Waals surface area contributed by atoms with Gasteiger partial charge in [0.25, 0.3) is 0 Å². The van der Waals surface area contributed by atoms with Crippen LogP contribution >= 0.6 is 0 Å². The molecular weight excluding hydrogens is 326 g/mol. The second-order valence-corrected chi connectivity index (χ2v) is 6.61. The van der Waals surface area contributed by atoms with Gasteiger partial charge in [-0.1, -0.05) is 12.1 Å². The summed E-state index contributed by atoms with van der Waals surface area (Å²) in [7, 11) is 1.65. The molecule has 0 radical (unpaired) electrons. The molecule has 0 atom stereocenters. The van der Waals surface area contributed by atoms with E-state index < -0.39 is 0 Å². The Kier molecular flexibility index (Phi) is 6.00. The molecule has 5 nitrogen and oxygen atoms in total. The molecule has 5 heteroatoms. The maximum atomic E-state index is 12.4. The number of hydrogen-bond acceptors (Lipinski definition) is 4. The molecule has 0 aromatic heterocycles. The number of ether oxygens (including phenoxy) is 1. The minimum absolute atomic E-state index is 0.218. The number of methoxy groups -OCH3 is 1. The lowest BCUT2D eigenvalue weighted by Gasteiger charge is -2.36. The zero-order chi connectivity index (χ0) is 18.4. The van der Waals surface area contributed by atoms with Crippen LogP contribution in [0, 0.1) is 6.92 Å². The lowest BCUT2D eigenvalue weighted by molar-refractivity contribution is -0.131. The Labute approximate surface area is 155 Å². The van der Waals surface area contributed by atoms with Crippen LogP contribution in [0.4, 0.5) is 11.4 Å². The van der Waals surface area contributed by atoms with E-state index in [-0.39, 0.29) is 5.91 Å². The standard InChI is InChI=1S/C21H27N3O2/c1-17-4-3-5-19(16-17)23-12-14-24(15-13-23)21(25)10-11-22-18-6-8-20(26-2)9-7-18/h3-9,16,22H,10-15H2,1-2H3. The molecule has 0 spiro atoms. The van der Waals surface area contributed by atoms with Gasteiger partial charge in [0, 0.05) is 50.5 Å². The predicted molar refractivity (Wildman–Crippen MR) is 106 cm³/mol. The SMILES string of the molecule is COc1ccc(NCCC(=O)N2CCN(c3cccc(C)c3)CC2)cc1. The van der Waals surface area contributed by atoms with Crippen molar-refractivity contribution < 1.29 is 9.53 Å². The maximum Gasteiger partial charge on any atom is 0.224 e. The van der Waals surface area contributed by atoms with Gasteiger partial charge in [-0.3, -0.25) is 4.79 Å². The van der Waals surface area contributed by atoms with Gasteiger partial charge in [-0.25, -0.2) is 0 Å². The maximum absolute atomic E-state index is 12.4. The van der Waals surface area contributed by atoms with Crippen molar-refractivity contribution in [2.45, 2.75) is 13.3 Å².